The lowest BCUT2D eigenvalue weighted by Gasteiger charge is -1.96. The molecule has 2 heterocycles. The zero-order chi connectivity index (χ0) is 18.3. The summed E-state index contributed by atoms with van der Waals surface area (Å²) in [7, 11) is 0. The lowest BCUT2D eigenvalue weighted by Crippen LogP contribution is -2.16. The zero-order valence-electron chi connectivity index (χ0n) is 13.0. The number of rotatable bonds is 3. The van der Waals surface area contributed by atoms with Crippen LogP contribution in [0.1, 0.15) is 16.1 Å². The second-order valence-corrected chi connectivity index (χ2v) is 8.24. The monoisotopic (exact) mass is 537 g/mol. The minimum Gasteiger partial charge on any atom is -0.450 e. The van der Waals surface area contributed by atoms with Gasteiger partial charge in [-0.2, -0.15) is 5.10 Å². The van der Waals surface area contributed by atoms with Gasteiger partial charge >= 0.3 is 5.91 Å². The maximum atomic E-state index is 12.3. The third-order valence-corrected chi connectivity index (χ3v) is 5.35. The molecule has 2 aromatic carbocycles. The maximum absolute atomic E-state index is 12.3. The first kappa shape index (κ1) is 17.5. The van der Waals surface area contributed by atoms with Crippen LogP contribution in [-0.4, -0.2) is 17.1 Å². The molecule has 0 aliphatic carbocycles. The van der Waals surface area contributed by atoms with Gasteiger partial charge in [-0.3, -0.25) is 4.79 Å². The number of aromatic amines is 1. The van der Waals surface area contributed by atoms with Crippen molar-refractivity contribution < 1.29 is 9.21 Å². The third kappa shape index (κ3) is 3.36. The summed E-state index contributed by atoms with van der Waals surface area (Å²) in [6.45, 7) is 0. The van der Waals surface area contributed by atoms with Gasteiger partial charge in [-0.25, -0.2) is 5.43 Å². The van der Waals surface area contributed by atoms with Gasteiger partial charge in [0.25, 0.3) is 0 Å². The van der Waals surface area contributed by atoms with Crippen LogP contribution in [0.25, 0.3) is 21.9 Å². The Bertz CT molecular complexity index is 1180. The number of H-pyrrole nitrogens is 1. The molecular formula is C18H10Br3N3O2. The van der Waals surface area contributed by atoms with Gasteiger partial charge in [0.1, 0.15) is 5.58 Å². The summed E-state index contributed by atoms with van der Waals surface area (Å²) in [5.74, 6) is -0.223. The Morgan fingerprint density at radius 2 is 1.96 bits per heavy atom. The van der Waals surface area contributed by atoms with Crippen molar-refractivity contribution >= 4 is 81.8 Å². The summed E-state index contributed by atoms with van der Waals surface area (Å²) >= 11 is 10.3. The molecule has 26 heavy (non-hydrogen) atoms. The largest absolute Gasteiger partial charge is 0.450 e. The Morgan fingerprint density at radius 3 is 2.81 bits per heavy atom. The van der Waals surface area contributed by atoms with E-state index in [2.05, 4.69) is 63.3 Å². The Morgan fingerprint density at radius 1 is 1.12 bits per heavy atom. The van der Waals surface area contributed by atoms with E-state index < -0.39 is 5.91 Å². The second kappa shape index (κ2) is 7.02. The number of fused-ring (bicyclic) bond motifs is 2. The van der Waals surface area contributed by atoms with Crippen molar-refractivity contribution in [2.24, 2.45) is 5.10 Å². The van der Waals surface area contributed by atoms with E-state index in [1.807, 2.05) is 36.5 Å². The van der Waals surface area contributed by atoms with Crippen molar-refractivity contribution in [1.29, 1.82) is 0 Å². The molecule has 0 aliphatic rings. The predicted octanol–water partition coefficient (Wildman–Crippen LogP) is 5.97. The van der Waals surface area contributed by atoms with Crippen molar-refractivity contribution in [2.45, 2.75) is 0 Å². The molecule has 0 bridgehead atoms. The number of nitrogens with one attached hydrogen (secondary N) is 2. The lowest BCUT2D eigenvalue weighted by atomic mass is 10.2. The van der Waals surface area contributed by atoms with Crippen LogP contribution in [0.2, 0.25) is 0 Å². The smallest absolute Gasteiger partial charge is 0.307 e. The first-order chi connectivity index (χ1) is 12.5. The van der Waals surface area contributed by atoms with E-state index in [-0.39, 0.29) is 5.76 Å². The quantitative estimate of drug-likeness (QED) is 0.249. The van der Waals surface area contributed by atoms with Gasteiger partial charge in [0.2, 0.25) is 0 Å². The first-order valence-electron chi connectivity index (χ1n) is 7.50. The summed E-state index contributed by atoms with van der Waals surface area (Å²) in [5, 5.41) is 5.87. The number of hydrogen-bond acceptors (Lipinski definition) is 3. The van der Waals surface area contributed by atoms with Crippen molar-refractivity contribution in [3.05, 3.63) is 67.3 Å². The molecule has 4 aromatic rings. The average Bonchev–Trinajstić information content (AvgIpc) is 3.19. The Balaban J connectivity index is 1.55. The van der Waals surface area contributed by atoms with Gasteiger partial charge in [-0.15, -0.1) is 0 Å². The summed E-state index contributed by atoms with van der Waals surface area (Å²) < 4.78 is 8.27. The number of hydrazone groups is 1. The highest BCUT2D eigenvalue weighted by Gasteiger charge is 2.14. The van der Waals surface area contributed by atoms with E-state index in [4.69, 9.17) is 4.42 Å². The lowest BCUT2D eigenvalue weighted by molar-refractivity contribution is 0.0929. The molecule has 0 unspecified atom stereocenters. The molecule has 0 fully saturated rings. The Kier molecular flexibility index (Phi) is 4.73. The number of halogens is 3. The van der Waals surface area contributed by atoms with Crippen LogP contribution in [0, 0.1) is 0 Å². The highest BCUT2D eigenvalue weighted by molar-refractivity contribution is 9.11. The molecule has 5 nitrogen and oxygen atoms in total. The molecule has 0 saturated carbocycles. The molecule has 2 N–H and O–H groups in total. The standard InChI is InChI=1S/C18H10Br3N3O2/c19-11-1-2-15-13(5-11)10(7-22-15)8-23-24-18(25)16-4-9-3-12(20)6-14(21)17(9)26-16/h1-8,22H,(H,24,25)/b23-8-. The molecule has 130 valence electrons. The normalized spacial score (nSPS) is 11.7. The molecule has 0 spiro atoms. The number of carbonyl (C=O) groups is 1. The van der Waals surface area contributed by atoms with Crippen LogP contribution < -0.4 is 5.43 Å². The number of aromatic nitrogens is 1. The van der Waals surface area contributed by atoms with Crippen molar-refractivity contribution in [2.75, 3.05) is 0 Å². The number of nitrogens with zero attached hydrogens (tertiary/aromatic N) is 1. The summed E-state index contributed by atoms with van der Waals surface area (Å²) in [5.41, 5.74) is 4.98. The molecule has 2 aromatic heterocycles. The Hall–Kier alpha value is -1.90. The van der Waals surface area contributed by atoms with Crippen LogP contribution in [-0.2, 0) is 0 Å². The molecule has 0 radical (unpaired) electrons. The molecule has 0 saturated heterocycles. The maximum Gasteiger partial charge on any atom is 0.307 e. The van der Waals surface area contributed by atoms with Crippen LogP contribution in [0.4, 0.5) is 0 Å². The fourth-order valence-electron chi connectivity index (χ4n) is 2.62. The molecule has 1 amide bonds. The van der Waals surface area contributed by atoms with Gasteiger partial charge < -0.3 is 9.40 Å². The van der Waals surface area contributed by atoms with Gasteiger partial charge in [0.05, 0.1) is 10.7 Å². The van der Waals surface area contributed by atoms with Crippen molar-refractivity contribution in [3.63, 3.8) is 0 Å². The average molecular weight is 540 g/mol. The zero-order valence-corrected chi connectivity index (χ0v) is 17.8. The summed E-state index contributed by atoms with van der Waals surface area (Å²) in [6.07, 6.45) is 3.43. The molecular weight excluding hydrogens is 530 g/mol. The summed E-state index contributed by atoms with van der Waals surface area (Å²) in [6, 6.07) is 11.3. The first-order valence-corrected chi connectivity index (χ1v) is 9.88. The predicted molar refractivity (Wildman–Crippen MR) is 113 cm³/mol. The molecule has 4 rings (SSSR count). The number of benzene rings is 2. The number of hydrogen-bond donors (Lipinski definition) is 2. The number of carbonyl (C=O) groups excluding carboxylic acids is 1. The van der Waals surface area contributed by atoms with E-state index in [9.17, 15) is 4.79 Å². The van der Waals surface area contributed by atoms with Gasteiger partial charge in [-0.1, -0.05) is 31.9 Å². The van der Waals surface area contributed by atoms with Crippen molar-refractivity contribution in [1.82, 2.24) is 10.4 Å². The van der Waals surface area contributed by atoms with Crippen LogP contribution in [0.15, 0.2) is 65.5 Å². The second-order valence-electron chi connectivity index (χ2n) is 5.55. The topological polar surface area (TPSA) is 70.4 Å². The molecule has 8 heteroatoms. The van der Waals surface area contributed by atoms with Gasteiger partial charge in [0.15, 0.2) is 5.76 Å². The van der Waals surface area contributed by atoms with Crippen LogP contribution in [0.3, 0.4) is 0 Å². The highest BCUT2D eigenvalue weighted by Crippen LogP contribution is 2.31. The van der Waals surface area contributed by atoms with E-state index in [0.29, 0.717) is 5.58 Å². The van der Waals surface area contributed by atoms with Crippen LogP contribution >= 0.6 is 47.8 Å². The van der Waals surface area contributed by atoms with Crippen molar-refractivity contribution in [3.8, 4) is 0 Å². The van der Waals surface area contributed by atoms with E-state index >= 15 is 0 Å². The minimum atomic E-state index is -0.415. The van der Waals surface area contributed by atoms with E-state index in [1.165, 1.54) is 0 Å². The minimum absolute atomic E-state index is 0.192. The number of amides is 1. The van der Waals surface area contributed by atoms with Gasteiger partial charge in [0, 0.05) is 37.0 Å². The van der Waals surface area contributed by atoms with E-state index in [0.717, 1.165) is 35.3 Å². The number of furan rings is 1. The van der Waals surface area contributed by atoms with E-state index in [1.54, 1.807) is 12.3 Å². The van der Waals surface area contributed by atoms with Crippen LogP contribution in [0.5, 0.6) is 0 Å². The highest BCUT2D eigenvalue weighted by atomic mass is 79.9. The Labute approximate surface area is 173 Å². The fraction of sp³-hybridized carbons (Fsp3) is 0. The van der Waals surface area contributed by atoms with Gasteiger partial charge in [-0.05, 0) is 52.3 Å². The molecule has 0 atom stereocenters. The molecule has 0 aliphatic heterocycles. The summed E-state index contributed by atoms with van der Waals surface area (Å²) in [4.78, 5) is 15.5. The SMILES string of the molecule is O=C(N/N=C\c1c[nH]c2ccc(Br)cc12)c1cc2cc(Br)cc(Br)c2o1. The fourth-order valence-corrected chi connectivity index (χ4v) is 4.32. The third-order valence-electron chi connectivity index (χ3n) is 3.81.